The second-order valence-electron chi connectivity index (χ2n) is 6.37. The first-order chi connectivity index (χ1) is 10.7. The van der Waals surface area contributed by atoms with Gasteiger partial charge in [-0.25, -0.2) is 4.79 Å². The van der Waals surface area contributed by atoms with Gasteiger partial charge < -0.3 is 15.4 Å². The van der Waals surface area contributed by atoms with E-state index in [0.717, 1.165) is 5.56 Å². The van der Waals surface area contributed by atoms with Crippen molar-refractivity contribution in [1.29, 1.82) is 0 Å². The lowest BCUT2D eigenvalue weighted by Gasteiger charge is -2.19. The maximum atomic E-state index is 11.9. The van der Waals surface area contributed by atoms with Crippen molar-refractivity contribution in [1.82, 2.24) is 10.6 Å². The molecule has 1 aromatic carbocycles. The van der Waals surface area contributed by atoms with E-state index in [4.69, 9.17) is 16.3 Å². The van der Waals surface area contributed by atoms with E-state index in [1.165, 1.54) is 0 Å². The molecule has 0 aliphatic heterocycles. The number of carbonyl (C=O) groups is 2. The highest BCUT2D eigenvalue weighted by Crippen LogP contribution is 2.16. The van der Waals surface area contributed by atoms with Crippen LogP contribution in [0.2, 0.25) is 5.02 Å². The van der Waals surface area contributed by atoms with Gasteiger partial charge in [0, 0.05) is 18.0 Å². The molecule has 0 radical (unpaired) electrons. The number of alkyl carbamates (subject to hydrolysis) is 1. The average Bonchev–Trinajstić information content (AvgIpc) is 2.42. The Morgan fingerprint density at radius 1 is 1.22 bits per heavy atom. The Morgan fingerprint density at radius 2 is 1.83 bits per heavy atom. The van der Waals surface area contributed by atoms with Gasteiger partial charge in [0.15, 0.2) is 0 Å². The molecule has 2 N–H and O–H groups in total. The second kappa shape index (κ2) is 8.77. The van der Waals surface area contributed by atoms with E-state index in [9.17, 15) is 9.59 Å². The summed E-state index contributed by atoms with van der Waals surface area (Å²) in [6, 6.07) is 7.28. The molecule has 0 aromatic heterocycles. The lowest BCUT2D eigenvalue weighted by Crippen LogP contribution is -2.33. The van der Waals surface area contributed by atoms with Crippen LogP contribution in [0.4, 0.5) is 4.79 Å². The fourth-order valence-corrected chi connectivity index (χ4v) is 2.03. The molecule has 0 unspecified atom stereocenters. The first-order valence-electron chi connectivity index (χ1n) is 7.69. The highest BCUT2D eigenvalue weighted by Gasteiger charge is 2.15. The van der Waals surface area contributed by atoms with Crippen LogP contribution in [-0.4, -0.2) is 24.1 Å². The van der Waals surface area contributed by atoms with Gasteiger partial charge >= 0.3 is 6.09 Å². The van der Waals surface area contributed by atoms with Crippen molar-refractivity contribution in [3.05, 3.63) is 34.9 Å². The highest BCUT2D eigenvalue weighted by molar-refractivity contribution is 6.30. The summed E-state index contributed by atoms with van der Waals surface area (Å²) in [5, 5.41) is 6.21. The van der Waals surface area contributed by atoms with Gasteiger partial charge in [-0.05, 0) is 51.8 Å². The number of hydrogen-bond donors (Lipinski definition) is 2. The van der Waals surface area contributed by atoms with Crippen LogP contribution in [0.5, 0.6) is 0 Å². The Morgan fingerprint density at radius 3 is 2.39 bits per heavy atom. The first-order valence-corrected chi connectivity index (χ1v) is 8.07. The van der Waals surface area contributed by atoms with Crippen molar-refractivity contribution in [3.63, 3.8) is 0 Å². The molecule has 0 aliphatic rings. The molecule has 2 amide bonds. The Labute approximate surface area is 142 Å². The van der Waals surface area contributed by atoms with Gasteiger partial charge in [-0.15, -0.1) is 0 Å². The fourth-order valence-electron chi connectivity index (χ4n) is 1.90. The van der Waals surface area contributed by atoms with Crippen LogP contribution in [-0.2, 0) is 9.53 Å². The number of ether oxygens (including phenoxy) is 1. The molecule has 0 heterocycles. The van der Waals surface area contributed by atoms with Crippen molar-refractivity contribution in [2.75, 3.05) is 6.54 Å². The Kier molecular flexibility index (Phi) is 7.36. The van der Waals surface area contributed by atoms with Gasteiger partial charge in [-0.1, -0.05) is 23.7 Å². The van der Waals surface area contributed by atoms with Gasteiger partial charge in [0.05, 0.1) is 6.04 Å². The molecule has 1 rings (SSSR count). The summed E-state index contributed by atoms with van der Waals surface area (Å²) in [5.74, 6) is -0.0570. The Hall–Kier alpha value is -1.75. The molecular weight excluding hydrogens is 316 g/mol. The molecule has 1 aromatic rings. The van der Waals surface area contributed by atoms with Crippen LogP contribution in [0.25, 0.3) is 0 Å². The third-order valence-corrected chi connectivity index (χ3v) is 3.25. The van der Waals surface area contributed by atoms with E-state index in [1.807, 2.05) is 19.1 Å². The smallest absolute Gasteiger partial charge is 0.407 e. The predicted molar refractivity (Wildman–Crippen MR) is 91.5 cm³/mol. The van der Waals surface area contributed by atoms with E-state index in [-0.39, 0.29) is 11.9 Å². The molecule has 0 saturated carbocycles. The average molecular weight is 341 g/mol. The maximum absolute atomic E-state index is 11.9. The Bertz CT molecular complexity index is 524. The number of halogens is 1. The van der Waals surface area contributed by atoms with Crippen LogP contribution in [0.15, 0.2) is 24.3 Å². The molecule has 23 heavy (non-hydrogen) atoms. The van der Waals surface area contributed by atoms with E-state index >= 15 is 0 Å². The molecule has 6 heteroatoms. The minimum absolute atomic E-state index is 0.0570. The van der Waals surface area contributed by atoms with E-state index in [0.29, 0.717) is 24.4 Å². The number of amides is 2. The first kappa shape index (κ1) is 19.3. The number of carbonyl (C=O) groups excluding carboxylic acids is 2. The summed E-state index contributed by atoms with van der Waals surface area (Å²) in [7, 11) is 0. The highest BCUT2D eigenvalue weighted by atomic mass is 35.5. The summed E-state index contributed by atoms with van der Waals surface area (Å²) >= 11 is 5.84. The van der Waals surface area contributed by atoms with E-state index in [1.54, 1.807) is 32.9 Å². The quantitative estimate of drug-likeness (QED) is 0.773. The lowest BCUT2D eigenvalue weighted by molar-refractivity contribution is -0.121. The largest absolute Gasteiger partial charge is 0.444 e. The predicted octanol–water partition coefficient (Wildman–Crippen LogP) is 3.82. The summed E-state index contributed by atoms with van der Waals surface area (Å²) in [4.78, 5) is 23.3. The SMILES string of the molecule is C[C@H](NC(=O)CCCNC(=O)OC(C)(C)C)c1ccc(Cl)cc1. The number of hydrogen-bond acceptors (Lipinski definition) is 3. The normalized spacial score (nSPS) is 12.4. The van der Waals surface area contributed by atoms with Crippen LogP contribution in [0.1, 0.15) is 52.1 Å². The minimum Gasteiger partial charge on any atom is -0.444 e. The molecule has 1 atom stereocenters. The van der Waals surface area contributed by atoms with Crippen molar-refractivity contribution in [2.45, 2.75) is 52.2 Å². The summed E-state index contributed by atoms with van der Waals surface area (Å²) < 4.78 is 5.12. The summed E-state index contributed by atoms with van der Waals surface area (Å²) in [5.41, 5.74) is 0.477. The topological polar surface area (TPSA) is 67.4 Å². The van der Waals surface area contributed by atoms with Crippen LogP contribution in [0.3, 0.4) is 0 Å². The van der Waals surface area contributed by atoms with Crippen molar-refractivity contribution in [2.24, 2.45) is 0 Å². The molecule has 0 fully saturated rings. The standard InChI is InChI=1S/C17H25ClN2O3/c1-12(13-7-9-14(18)10-8-13)20-15(21)6-5-11-19-16(22)23-17(2,3)4/h7-10,12H,5-6,11H2,1-4H3,(H,19,22)(H,20,21)/t12-/m0/s1. The lowest BCUT2D eigenvalue weighted by atomic mass is 10.1. The molecule has 5 nitrogen and oxygen atoms in total. The van der Waals surface area contributed by atoms with Crippen molar-refractivity contribution < 1.29 is 14.3 Å². The van der Waals surface area contributed by atoms with Gasteiger partial charge in [0.2, 0.25) is 5.91 Å². The molecule has 0 bridgehead atoms. The molecular formula is C17H25ClN2O3. The maximum Gasteiger partial charge on any atom is 0.407 e. The van der Waals surface area contributed by atoms with E-state index < -0.39 is 11.7 Å². The van der Waals surface area contributed by atoms with Gasteiger partial charge in [-0.3, -0.25) is 4.79 Å². The number of nitrogens with one attached hydrogen (secondary N) is 2. The second-order valence-corrected chi connectivity index (χ2v) is 6.81. The summed E-state index contributed by atoms with van der Waals surface area (Å²) in [6.45, 7) is 7.73. The third-order valence-electron chi connectivity index (χ3n) is 3.00. The monoisotopic (exact) mass is 340 g/mol. The van der Waals surface area contributed by atoms with Gasteiger partial charge in [0.1, 0.15) is 5.60 Å². The number of rotatable bonds is 6. The molecule has 0 spiro atoms. The van der Waals surface area contributed by atoms with Crippen LogP contribution < -0.4 is 10.6 Å². The Balaban J connectivity index is 2.24. The molecule has 128 valence electrons. The zero-order valence-corrected chi connectivity index (χ0v) is 14.9. The van der Waals surface area contributed by atoms with Crippen LogP contribution >= 0.6 is 11.6 Å². The molecule has 0 saturated heterocycles. The fraction of sp³-hybridized carbons (Fsp3) is 0.529. The summed E-state index contributed by atoms with van der Waals surface area (Å²) in [6.07, 6.45) is 0.430. The van der Waals surface area contributed by atoms with Gasteiger partial charge in [-0.2, -0.15) is 0 Å². The zero-order valence-electron chi connectivity index (χ0n) is 14.1. The van der Waals surface area contributed by atoms with Gasteiger partial charge in [0.25, 0.3) is 0 Å². The van der Waals surface area contributed by atoms with E-state index in [2.05, 4.69) is 10.6 Å². The number of benzene rings is 1. The zero-order chi connectivity index (χ0) is 17.5. The molecule has 0 aliphatic carbocycles. The van der Waals surface area contributed by atoms with Crippen molar-refractivity contribution in [3.8, 4) is 0 Å². The third kappa shape index (κ3) is 8.45. The van der Waals surface area contributed by atoms with Crippen molar-refractivity contribution >= 4 is 23.6 Å². The van der Waals surface area contributed by atoms with Crippen LogP contribution in [0, 0.1) is 0 Å². The minimum atomic E-state index is -0.518.